The first-order valence-electron chi connectivity index (χ1n) is 11.3. The van der Waals surface area contributed by atoms with Crippen molar-refractivity contribution in [3.8, 4) is 11.8 Å². The topological polar surface area (TPSA) is 124 Å². The maximum atomic E-state index is 13.5. The second-order valence-corrected chi connectivity index (χ2v) is 10.2. The number of carbonyl (C=O) groups excluding carboxylic acids is 3. The fourth-order valence-corrected chi connectivity index (χ4v) is 5.23. The van der Waals surface area contributed by atoms with E-state index in [4.69, 9.17) is 10.00 Å². The van der Waals surface area contributed by atoms with Gasteiger partial charge in [0.2, 0.25) is 5.91 Å². The first-order valence-corrected chi connectivity index (χ1v) is 13.2. The highest BCUT2D eigenvalue weighted by Gasteiger charge is 2.47. The summed E-state index contributed by atoms with van der Waals surface area (Å²) in [5.41, 5.74) is 0.676. The molecule has 0 saturated carbocycles. The lowest BCUT2D eigenvalue weighted by Gasteiger charge is -2.19. The molecule has 2 N–H and O–H groups in total. The minimum atomic E-state index is -3.12. The number of para-hydroxylation sites is 1. The Morgan fingerprint density at radius 2 is 1.92 bits per heavy atom. The van der Waals surface area contributed by atoms with Crippen molar-refractivity contribution >= 4 is 46.7 Å². The van der Waals surface area contributed by atoms with E-state index in [1.165, 1.54) is 23.1 Å². The van der Waals surface area contributed by atoms with Gasteiger partial charge in [0.15, 0.2) is 0 Å². The summed E-state index contributed by atoms with van der Waals surface area (Å²) in [6, 6.07) is 16.3. The molecule has 9 nitrogen and oxygen atoms in total. The van der Waals surface area contributed by atoms with Crippen LogP contribution in [-0.4, -0.2) is 52.8 Å². The van der Waals surface area contributed by atoms with Crippen LogP contribution in [0.5, 0.6) is 5.75 Å². The number of aromatic nitrogens is 1. The van der Waals surface area contributed by atoms with E-state index >= 15 is 0 Å². The van der Waals surface area contributed by atoms with E-state index < -0.39 is 49.4 Å². The molecule has 3 amide bonds. The SMILES string of the molecule is N#C[C@@H]1CC(F)(F)CN1C(=O)CNC(=O)c1csc(CSc2ccc(NC(=O)Oc3ccccc3)cc2)n1. The average molecular weight is 558 g/mol. The first kappa shape index (κ1) is 27.0. The van der Waals surface area contributed by atoms with Gasteiger partial charge in [0.25, 0.3) is 11.8 Å². The van der Waals surface area contributed by atoms with Gasteiger partial charge in [-0.1, -0.05) is 18.2 Å². The Morgan fingerprint density at radius 3 is 2.63 bits per heavy atom. The van der Waals surface area contributed by atoms with E-state index in [-0.39, 0.29) is 5.69 Å². The van der Waals surface area contributed by atoms with Gasteiger partial charge in [-0.05, 0) is 36.4 Å². The smallest absolute Gasteiger partial charge is 0.410 e. The number of amides is 3. The van der Waals surface area contributed by atoms with Gasteiger partial charge in [0.1, 0.15) is 22.5 Å². The van der Waals surface area contributed by atoms with Crippen LogP contribution in [0.1, 0.15) is 21.9 Å². The van der Waals surface area contributed by atoms with Crippen LogP contribution in [0.2, 0.25) is 0 Å². The van der Waals surface area contributed by atoms with Gasteiger partial charge in [0.05, 0.1) is 24.9 Å². The van der Waals surface area contributed by atoms with Gasteiger partial charge in [0, 0.05) is 22.4 Å². The van der Waals surface area contributed by atoms with Crippen molar-refractivity contribution in [2.45, 2.75) is 29.0 Å². The molecule has 1 fully saturated rings. The maximum Gasteiger partial charge on any atom is 0.417 e. The number of rotatable bonds is 8. The van der Waals surface area contributed by atoms with Gasteiger partial charge in [-0.25, -0.2) is 18.6 Å². The Labute approximate surface area is 224 Å². The van der Waals surface area contributed by atoms with E-state index in [1.54, 1.807) is 47.8 Å². The summed E-state index contributed by atoms with van der Waals surface area (Å²) in [4.78, 5) is 42.6. The fraction of sp³-hybridized carbons (Fsp3) is 0.240. The summed E-state index contributed by atoms with van der Waals surface area (Å²) in [6.45, 7) is -1.35. The number of carbonyl (C=O) groups is 3. The van der Waals surface area contributed by atoms with Crippen LogP contribution in [0.4, 0.5) is 19.3 Å². The Kier molecular flexibility index (Phi) is 8.55. The zero-order valence-corrected chi connectivity index (χ0v) is 21.4. The number of halogens is 2. The lowest BCUT2D eigenvalue weighted by molar-refractivity contribution is -0.131. The number of nitriles is 1. The van der Waals surface area contributed by atoms with Gasteiger partial charge in [-0.2, -0.15) is 5.26 Å². The molecule has 0 unspecified atom stereocenters. The highest BCUT2D eigenvalue weighted by molar-refractivity contribution is 7.98. The summed E-state index contributed by atoms with van der Waals surface area (Å²) in [5, 5.41) is 16.3. The van der Waals surface area contributed by atoms with Crippen molar-refractivity contribution < 1.29 is 27.9 Å². The lowest BCUT2D eigenvalue weighted by atomic mass is 10.2. The van der Waals surface area contributed by atoms with Crippen molar-refractivity contribution in [2.24, 2.45) is 0 Å². The van der Waals surface area contributed by atoms with Crippen LogP contribution >= 0.6 is 23.1 Å². The number of anilines is 1. The number of thioether (sulfide) groups is 1. The molecule has 1 aromatic heterocycles. The van der Waals surface area contributed by atoms with Crippen LogP contribution in [-0.2, 0) is 10.5 Å². The predicted molar refractivity (Wildman–Crippen MR) is 137 cm³/mol. The fourth-order valence-electron chi connectivity index (χ4n) is 3.54. The van der Waals surface area contributed by atoms with E-state index in [0.717, 1.165) is 9.80 Å². The van der Waals surface area contributed by atoms with Crippen LogP contribution in [0.25, 0.3) is 0 Å². The zero-order valence-electron chi connectivity index (χ0n) is 19.7. The molecular formula is C25H21F2N5O4S2. The molecule has 1 saturated heterocycles. The number of ether oxygens (including phenoxy) is 1. The normalized spacial score (nSPS) is 15.9. The van der Waals surface area contributed by atoms with E-state index in [1.807, 2.05) is 18.2 Å². The highest BCUT2D eigenvalue weighted by atomic mass is 32.2. The van der Waals surface area contributed by atoms with Crippen molar-refractivity contribution in [3.05, 3.63) is 70.7 Å². The Balaban J connectivity index is 1.22. The van der Waals surface area contributed by atoms with Gasteiger partial charge in [-0.3, -0.25) is 14.9 Å². The zero-order chi connectivity index (χ0) is 27.1. The van der Waals surface area contributed by atoms with Crippen LogP contribution in [0.15, 0.2) is 64.9 Å². The Hall–Kier alpha value is -4.02. The van der Waals surface area contributed by atoms with E-state index in [0.29, 0.717) is 22.2 Å². The standard InChI is InChI=1S/C25H21F2N5O4S2/c26-25(27)10-17(11-28)32(15-25)22(33)12-29-23(34)20-13-38-21(31-20)14-37-19-8-6-16(7-9-19)30-24(35)36-18-4-2-1-3-5-18/h1-9,13,17H,10,12,14-15H2,(H,29,34)(H,30,35)/t17-/m0/s1. The third-order valence-electron chi connectivity index (χ3n) is 5.34. The minimum Gasteiger partial charge on any atom is -0.410 e. The molecule has 2 heterocycles. The minimum absolute atomic E-state index is 0.110. The predicted octanol–water partition coefficient (Wildman–Crippen LogP) is 4.54. The molecule has 0 radical (unpaired) electrons. The van der Waals surface area contributed by atoms with Crippen LogP contribution in [0, 0.1) is 11.3 Å². The monoisotopic (exact) mass is 557 g/mol. The number of alkyl halides is 2. The number of likely N-dealkylation sites (tertiary alicyclic amines) is 1. The summed E-state index contributed by atoms with van der Waals surface area (Å²) in [6.07, 6.45) is -1.31. The molecule has 0 bridgehead atoms. The molecule has 0 aliphatic carbocycles. The van der Waals surface area contributed by atoms with Crippen molar-refractivity contribution in [1.82, 2.24) is 15.2 Å². The summed E-state index contributed by atoms with van der Waals surface area (Å²) in [7, 11) is 0. The number of hydrogen-bond donors (Lipinski definition) is 2. The number of hydrogen-bond acceptors (Lipinski definition) is 8. The molecule has 196 valence electrons. The Morgan fingerprint density at radius 1 is 1.18 bits per heavy atom. The molecule has 4 rings (SSSR count). The lowest BCUT2D eigenvalue weighted by Crippen LogP contribution is -2.43. The Bertz CT molecular complexity index is 1350. The van der Waals surface area contributed by atoms with Crippen molar-refractivity contribution in [1.29, 1.82) is 5.26 Å². The molecule has 2 aromatic carbocycles. The first-order chi connectivity index (χ1) is 18.2. The van der Waals surface area contributed by atoms with Crippen molar-refractivity contribution in [2.75, 3.05) is 18.4 Å². The molecule has 1 atom stereocenters. The number of nitrogens with zero attached hydrogens (tertiary/aromatic N) is 3. The number of thiazole rings is 1. The number of nitrogens with one attached hydrogen (secondary N) is 2. The molecule has 1 aliphatic heterocycles. The van der Waals surface area contributed by atoms with E-state index in [2.05, 4.69) is 15.6 Å². The van der Waals surface area contributed by atoms with Gasteiger partial charge in [-0.15, -0.1) is 23.1 Å². The summed E-state index contributed by atoms with van der Waals surface area (Å²) in [5.74, 6) is -3.56. The van der Waals surface area contributed by atoms with Crippen LogP contribution in [0.3, 0.4) is 0 Å². The second-order valence-electron chi connectivity index (χ2n) is 8.18. The second kappa shape index (κ2) is 12.0. The van der Waals surface area contributed by atoms with Crippen LogP contribution < -0.4 is 15.4 Å². The van der Waals surface area contributed by atoms with Crippen molar-refractivity contribution in [3.63, 3.8) is 0 Å². The third kappa shape index (κ3) is 7.27. The van der Waals surface area contributed by atoms with E-state index in [9.17, 15) is 23.2 Å². The number of benzene rings is 2. The molecular weight excluding hydrogens is 536 g/mol. The molecule has 1 aliphatic rings. The average Bonchev–Trinajstić information content (AvgIpc) is 3.51. The summed E-state index contributed by atoms with van der Waals surface area (Å²) >= 11 is 2.75. The highest BCUT2D eigenvalue weighted by Crippen LogP contribution is 2.31. The molecule has 13 heteroatoms. The quantitative estimate of drug-likeness (QED) is 0.390. The maximum absolute atomic E-state index is 13.5. The third-order valence-corrected chi connectivity index (χ3v) is 7.40. The van der Waals surface area contributed by atoms with Gasteiger partial charge < -0.3 is 15.0 Å². The molecule has 0 spiro atoms. The largest absolute Gasteiger partial charge is 0.417 e. The molecule has 3 aromatic rings. The molecule has 38 heavy (non-hydrogen) atoms. The summed E-state index contributed by atoms with van der Waals surface area (Å²) < 4.78 is 32.3. The van der Waals surface area contributed by atoms with Gasteiger partial charge >= 0.3 is 6.09 Å².